The van der Waals surface area contributed by atoms with Crippen molar-refractivity contribution in [2.75, 3.05) is 23.5 Å². The first-order valence-corrected chi connectivity index (χ1v) is 9.32. The number of aromatic nitrogens is 5. The summed E-state index contributed by atoms with van der Waals surface area (Å²) in [5.41, 5.74) is 6.69. The Morgan fingerprint density at radius 2 is 1.83 bits per heavy atom. The summed E-state index contributed by atoms with van der Waals surface area (Å²) in [7, 11) is 0. The molecular weight excluding hydrogens is 366 g/mol. The van der Waals surface area contributed by atoms with Crippen LogP contribution >= 0.6 is 0 Å². The van der Waals surface area contributed by atoms with E-state index in [1.165, 1.54) is 0 Å². The number of hydrogen-bond donors (Lipinski definition) is 3. The van der Waals surface area contributed by atoms with E-state index < -0.39 is 0 Å². The van der Waals surface area contributed by atoms with E-state index in [1.807, 2.05) is 71.8 Å². The topological polar surface area (TPSA) is 94.9 Å². The molecule has 0 aliphatic carbocycles. The Bertz CT molecular complexity index is 1260. The van der Waals surface area contributed by atoms with E-state index in [0.717, 1.165) is 27.6 Å². The van der Waals surface area contributed by atoms with Gasteiger partial charge in [-0.2, -0.15) is 14.9 Å². The molecule has 0 saturated heterocycles. The maximum atomic E-state index is 9.59. The molecule has 5 rings (SSSR count). The third-order valence-corrected chi connectivity index (χ3v) is 4.72. The number of hydrogen-bond acceptors (Lipinski definition) is 6. The van der Waals surface area contributed by atoms with Gasteiger partial charge in [-0.15, -0.1) is 0 Å². The van der Waals surface area contributed by atoms with E-state index in [4.69, 9.17) is 4.98 Å². The maximum absolute atomic E-state index is 9.59. The first kappa shape index (κ1) is 17.2. The Hall–Kier alpha value is -3.91. The molecule has 2 aromatic carbocycles. The van der Waals surface area contributed by atoms with Gasteiger partial charge in [-0.3, -0.25) is 5.43 Å². The van der Waals surface area contributed by atoms with E-state index in [1.54, 1.807) is 11.0 Å². The smallest absolute Gasteiger partial charge is 0.232 e. The Labute approximate surface area is 166 Å². The molecule has 0 spiro atoms. The average molecular weight is 385 g/mol. The lowest BCUT2D eigenvalue weighted by molar-refractivity contribution is 0.305. The molecule has 5 aromatic rings. The van der Waals surface area contributed by atoms with E-state index >= 15 is 0 Å². The number of nitrogens with one attached hydrogen (secondary N) is 2. The minimum absolute atomic E-state index is 0.0179. The van der Waals surface area contributed by atoms with Crippen molar-refractivity contribution < 1.29 is 5.11 Å². The molecule has 0 amide bonds. The second-order valence-electron chi connectivity index (χ2n) is 6.55. The summed E-state index contributed by atoms with van der Waals surface area (Å²) >= 11 is 0. The van der Waals surface area contributed by atoms with Gasteiger partial charge in [0.15, 0.2) is 5.82 Å². The number of benzene rings is 2. The molecule has 3 aromatic heterocycles. The molecule has 0 aliphatic rings. The summed E-state index contributed by atoms with van der Waals surface area (Å²) in [6, 6.07) is 19.6. The fraction of sp³-hybridized carbons (Fsp3) is 0.0952. The van der Waals surface area contributed by atoms with Crippen LogP contribution < -0.4 is 10.3 Å². The summed E-state index contributed by atoms with van der Waals surface area (Å²) in [6.45, 7) is 0.361. The summed E-state index contributed by atoms with van der Waals surface area (Å²) in [5.74, 6) is 1.10. The van der Waals surface area contributed by atoms with E-state index in [2.05, 4.69) is 20.5 Å². The zero-order valence-electron chi connectivity index (χ0n) is 15.5. The largest absolute Gasteiger partial charge is 0.395 e. The zero-order chi connectivity index (χ0) is 19.6. The predicted octanol–water partition coefficient (Wildman–Crippen LogP) is 3.31. The molecule has 0 saturated carbocycles. The Morgan fingerprint density at radius 1 is 1.00 bits per heavy atom. The number of rotatable bonds is 6. The van der Waals surface area contributed by atoms with Crippen LogP contribution in [0.2, 0.25) is 0 Å². The molecule has 0 unspecified atom stereocenters. The lowest BCUT2D eigenvalue weighted by atomic mass is 10.3. The van der Waals surface area contributed by atoms with Crippen LogP contribution in [0.4, 0.5) is 17.5 Å². The van der Waals surface area contributed by atoms with Gasteiger partial charge in [0.25, 0.3) is 0 Å². The Kier molecular flexibility index (Phi) is 4.30. The van der Waals surface area contributed by atoms with Gasteiger partial charge in [0.1, 0.15) is 5.52 Å². The highest BCUT2D eigenvalue weighted by atomic mass is 16.3. The molecule has 0 aliphatic heterocycles. The van der Waals surface area contributed by atoms with Gasteiger partial charge in [-0.05, 0) is 24.3 Å². The summed E-state index contributed by atoms with van der Waals surface area (Å²) in [5, 5.41) is 15.1. The molecule has 29 heavy (non-hydrogen) atoms. The second-order valence-corrected chi connectivity index (χ2v) is 6.55. The monoisotopic (exact) mass is 385 g/mol. The van der Waals surface area contributed by atoms with Crippen molar-refractivity contribution in [1.82, 2.24) is 24.8 Å². The SMILES string of the molecule is OCCN(c1ccccc1)c1nc(Nn2ncc3ccccc32)c2[nH]ccc2n1. The average Bonchev–Trinajstić information content (AvgIpc) is 3.40. The van der Waals surface area contributed by atoms with Gasteiger partial charge in [-0.25, -0.2) is 4.98 Å². The summed E-state index contributed by atoms with van der Waals surface area (Å²) < 4.78 is 0. The summed E-state index contributed by atoms with van der Waals surface area (Å²) in [4.78, 5) is 16.2. The normalized spacial score (nSPS) is 11.2. The van der Waals surface area contributed by atoms with Crippen molar-refractivity contribution in [1.29, 1.82) is 0 Å². The molecular formula is C21H19N7O. The molecule has 8 nitrogen and oxygen atoms in total. The van der Waals surface area contributed by atoms with Crippen LogP contribution in [0.15, 0.2) is 73.1 Å². The highest BCUT2D eigenvalue weighted by molar-refractivity contribution is 5.88. The fourth-order valence-corrected chi connectivity index (χ4v) is 3.35. The second kappa shape index (κ2) is 7.25. The minimum atomic E-state index is -0.0179. The highest BCUT2D eigenvalue weighted by Crippen LogP contribution is 2.27. The molecule has 0 bridgehead atoms. The van der Waals surface area contributed by atoms with E-state index in [-0.39, 0.29) is 6.61 Å². The van der Waals surface area contributed by atoms with Crippen LogP contribution in [0.3, 0.4) is 0 Å². The van der Waals surface area contributed by atoms with Gasteiger partial charge in [0, 0.05) is 23.8 Å². The van der Waals surface area contributed by atoms with Crippen LogP contribution in [0.1, 0.15) is 0 Å². The van der Waals surface area contributed by atoms with Crippen LogP contribution in [-0.4, -0.2) is 43.1 Å². The van der Waals surface area contributed by atoms with Crippen LogP contribution in [0.5, 0.6) is 0 Å². The number of aromatic amines is 1. The molecule has 8 heteroatoms. The first-order valence-electron chi connectivity index (χ1n) is 9.32. The van der Waals surface area contributed by atoms with Gasteiger partial charge in [0.05, 0.1) is 23.8 Å². The zero-order valence-corrected chi connectivity index (χ0v) is 15.5. The van der Waals surface area contributed by atoms with Crippen molar-refractivity contribution in [2.24, 2.45) is 0 Å². The minimum Gasteiger partial charge on any atom is -0.395 e. The molecule has 0 fully saturated rings. The Balaban J connectivity index is 1.61. The number of aliphatic hydroxyl groups is 1. The van der Waals surface area contributed by atoms with Crippen molar-refractivity contribution in [3.8, 4) is 0 Å². The quantitative estimate of drug-likeness (QED) is 0.415. The van der Waals surface area contributed by atoms with Gasteiger partial charge in [0.2, 0.25) is 5.95 Å². The molecule has 144 valence electrons. The Morgan fingerprint density at radius 3 is 2.69 bits per heavy atom. The van der Waals surface area contributed by atoms with Crippen molar-refractivity contribution in [3.05, 3.63) is 73.1 Å². The molecule has 0 atom stereocenters. The predicted molar refractivity (Wildman–Crippen MR) is 113 cm³/mol. The molecule has 0 radical (unpaired) electrons. The van der Waals surface area contributed by atoms with E-state index in [9.17, 15) is 5.11 Å². The molecule has 3 N–H and O–H groups in total. The summed E-state index contributed by atoms with van der Waals surface area (Å²) in [6.07, 6.45) is 3.63. The maximum Gasteiger partial charge on any atom is 0.232 e. The van der Waals surface area contributed by atoms with Crippen LogP contribution in [0.25, 0.3) is 21.9 Å². The van der Waals surface area contributed by atoms with Crippen molar-refractivity contribution >= 4 is 39.4 Å². The number of fused-ring (bicyclic) bond motifs is 2. The van der Waals surface area contributed by atoms with Crippen LogP contribution in [0, 0.1) is 0 Å². The van der Waals surface area contributed by atoms with Gasteiger partial charge < -0.3 is 15.0 Å². The third kappa shape index (κ3) is 3.15. The highest BCUT2D eigenvalue weighted by Gasteiger charge is 2.17. The number of anilines is 3. The van der Waals surface area contributed by atoms with E-state index in [0.29, 0.717) is 18.3 Å². The van der Waals surface area contributed by atoms with Gasteiger partial charge >= 0.3 is 0 Å². The van der Waals surface area contributed by atoms with Crippen molar-refractivity contribution in [2.45, 2.75) is 0 Å². The molecule has 3 heterocycles. The van der Waals surface area contributed by atoms with Crippen LogP contribution in [-0.2, 0) is 0 Å². The first-order chi connectivity index (χ1) is 14.3. The number of aliphatic hydroxyl groups excluding tert-OH is 1. The standard InChI is InChI=1S/C21H19N7O/c29-13-12-27(16-7-2-1-3-8-16)21-24-17-10-11-22-19(17)20(25-21)26-28-18-9-5-4-6-15(18)14-23-28/h1-11,14,22,29H,12-13H2,(H,24,25,26). The van der Waals surface area contributed by atoms with Crippen molar-refractivity contribution in [3.63, 3.8) is 0 Å². The number of para-hydroxylation sites is 2. The third-order valence-electron chi connectivity index (χ3n) is 4.72. The lowest BCUT2D eigenvalue weighted by Crippen LogP contribution is -2.24. The lowest BCUT2D eigenvalue weighted by Gasteiger charge is -2.22. The fourth-order valence-electron chi connectivity index (χ4n) is 3.35. The number of H-pyrrole nitrogens is 1. The number of nitrogens with zero attached hydrogens (tertiary/aromatic N) is 5. The van der Waals surface area contributed by atoms with Gasteiger partial charge in [-0.1, -0.05) is 36.4 Å².